The Labute approximate surface area is 120 Å². The summed E-state index contributed by atoms with van der Waals surface area (Å²) in [6.45, 7) is 2.28. The van der Waals surface area contributed by atoms with Crippen molar-refractivity contribution in [2.45, 2.75) is 18.9 Å². The summed E-state index contributed by atoms with van der Waals surface area (Å²) >= 11 is 0. The van der Waals surface area contributed by atoms with Gasteiger partial charge in [0.25, 0.3) is 0 Å². The van der Waals surface area contributed by atoms with Crippen LogP contribution in [0.1, 0.15) is 24.5 Å². The Bertz CT molecular complexity index is 401. The van der Waals surface area contributed by atoms with E-state index in [2.05, 4.69) is 4.90 Å². The highest BCUT2D eigenvalue weighted by molar-refractivity contribution is 5.36. The molecule has 0 aliphatic rings. The largest absolute Gasteiger partial charge is 0.496 e. The van der Waals surface area contributed by atoms with Gasteiger partial charge in [0.2, 0.25) is 0 Å². The number of methoxy groups -OCH3 is 2. The van der Waals surface area contributed by atoms with E-state index in [0.717, 1.165) is 13.0 Å². The minimum atomic E-state index is -0.865. The van der Waals surface area contributed by atoms with E-state index in [1.54, 1.807) is 19.2 Å². The van der Waals surface area contributed by atoms with Gasteiger partial charge in [0.15, 0.2) is 0 Å². The normalized spacial score (nSPS) is 12.7. The predicted molar refractivity (Wildman–Crippen MR) is 76.5 cm³/mol. The fourth-order valence-corrected chi connectivity index (χ4v) is 2.10. The number of benzene rings is 1. The lowest BCUT2D eigenvalue weighted by atomic mass is 10.0. The fraction of sp³-hybridized carbons (Fsp3) is 0.600. The van der Waals surface area contributed by atoms with Gasteiger partial charge in [-0.25, -0.2) is 4.39 Å². The van der Waals surface area contributed by atoms with Crippen LogP contribution >= 0.6 is 0 Å². The van der Waals surface area contributed by atoms with Crippen molar-refractivity contribution >= 4 is 0 Å². The van der Waals surface area contributed by atoms with Crippen LogP contribution in [0.5, 0.6) is 5.75 Å². The van der Waals surface area contributed by atoms with E-state index in [1.807, 2.05) is 7.05 Å². The van der Waals surface area contributed by atoms with Crippen LogP contribution in [0.25, 0.3) is 0 Å². The first-order valence-corrected chi connectivity index (χ1v) is 6.78. The summed E-state index contributed by atoms with van der Waals surface area (Å²) in [5, 5.41) is 10.2. The minimum absolute atomic E-state index is 0.236. The van der Waals surface area contributed by atoms with E-state index in [1.165, 1.54) is 13.2 Å². The molecular weight excluding hydrogens is 261 g/mol. The Balaban J connectivity index is 2.52. The molecule has 0 amide bonds. The van der Waals surface area contributed by atoms with Crippen LogP contribution < -0.4 is 4.74 Å². The number of hydrogen-bond acceptors (Lipinski definition) is 4. The molecule has 1 N–H and O–H groups in total. The predicted octanol–water partition coefficient (Wildman–Crippen LogP) is 2.23. The van der Waals surface area contributed by atoms with Gasteiger partial charge in [-0.05, 0) is 32.0 Å². The van der Waals surface area contributed by atoms with E-state index in [-0.39, 0.29) is 5.56 Å². The van der Waals surface area contributed by atoms with Gasteiger partial charge in [0.05, 0.1) is 18.8 Å². The number of hydrogen-bond donors (Lipinski definition) is 1. The lowest BCUT2D eigenvalue weighted by Gasteiger charge is -2.20. The highest BCUT2D eigenvalue weighted by Gasteiger charge is 2.18. The average Bonchev–Trinajstić information content (AvgIpc) is 2.44. The summed E-state index contributed by atoms with van der Waals surface area (Å²) in [6, 6.07) is 4.56. The van der Waals surface area contributed by atoms with Crippen molar-refractivity contribution in [1.29, 1.82) is 0 Å². The van der Waals surface area contributed by atoms with Gasteiger partial charge >= 0.3 is 0 Å². The Morgan fingerprint density at radius 2 is 2.05 bits per heavy atom. The van der Waals surface area contributed by atoms with Gasteiger partial charge in [0, 0.05) is 26.8 Å². The standard InChI is InChI=1S/C15H24FNO3/c1-17(9-5-11-19-2)10-8-13(18)15-12(16)6-4-7-14(15)20-3/h4,6-7,13,18H,5,8-11H2,1-3H3. The molecule has 5 heteroatoms. The number of halogens is 1. The minimum Gasteiger partial charge on any atom is -0.496 e. The first-order chi connectivity index (χ1) is 9.60. The molecule has 0 heterocycles. The lowest BCUT2D eigenvalue weighted by Crippen LogP contribution is -2.23. The molecule has 0 bridgehead atoms. The summed E-state index contributed by atoms with van der Waals surface area (Å²) in [6.07, 6.45) is 0.531. The van der Waals surface area contributed by atoms with Crippen LogP contribution in [-0.4, -0.2) is 51.0 Å². The van der Waals surface area contributed by atoms with E-state index in [4.69, 9.17) is 9.47 Å². The average molecular weight is 285 g/mol. The van der Waals surface area contributed by atoms with Crippen LogP contribution in [-0.2, 0) is 4.74 Å². The molecule has 0 fully saturated rings. The molecular formula is C15H24FNO3. The first kappa shape index (κ1) is 16.9. The Hall–Kier alpha value is -1.17. The van der Waals surface area contributed by atoms with Gasteiger partial charge < -0.3 is 19.5 Å². The molecule has 0 aliphatic carbocycles. The zero-order valence-electron chi connectivity index (χ0n) is 12.4. The molecule has 1 atom stereocenters. The summed E-state index contributed by atoms with van der Waals surface area (Å²) in [7, 11) is 5.12. The van der Waals surface area contributed by atoms with Crippen molar-refractivity contribution in [3.63, 3.8) is 0 Å². The van der Waals surface area contributed by atoms with Gasteiger partial charge in [-0.2, -0.15) is 0 Å². The van der Waals surface area contributed by atoms with Crippen molar-refractivity contribution < 1.29 is 19.0 Å². The van der Waals surface area contributed by atoms with Crippen LogP contribution in [0.4, 0.5) is 4.39 Å². The van der Waals surface area contributed by atoms with Gasteiger partial charge in [0.1, 0.15) is 11.6 Å². The van der Waals surface area contributed by atoms with Crippen molar-refractivity contribution in [3.05, 3.63) is 29.6 Å². The quantitative estimate of drug-likeness (QED) is 0.707. The topological polar surface area (TPSA) is 41.9 Å². The number of ether oxygens (including phenoxy) is 2. The second-order valence-corrected chi connectivity index (χ2v) is 4.81. The van der Waals surface area contributed by atoms with Crippen molar-refractivity contribution in [1.82, 2.24) is 4.90 Å². The second-order valence-electron chi connectivity index (χ2n) is 4.81. The van der Waals surface area contributed by atoms with Crippen LogP contribution in [0.15, 0.2) is 18.2 Å². The monoisotopic (exact) mass is 285 g/mol. The number of aliphatic hydroxyl groups excluding tert-OH is 1. The van der Waals surface area contributed by atoms with Crippen molar-refractivity contribution in [2.75, 3.05) is 41.0 Å². The molecule has 1 aromatic rings. The summed E-state index contributed by atoms with van der Waals surface area (Å²) < 4.78 is 23.9. The van der Waals surface area contributed by atoms with Gasteiger partial charge in [-0.1, -0.05) is 6.07 Å². The third-order valence-electron chi connectivity index (χ3n) is 3.24. The molecule has 1 aromatic carbocycles. The zero-order valence-corrected chi connectivity index (χ0v) is 12.4. The highest BCUT2D eigenvalue weighted by Crippen LogP contribution is 2.29. The number of aliphatic hydroxyl groups is 1. The Morgan fingerprint density at radius 3 is 2.70 bits per heavy atom. The molecule has 0 saturated carbocycles. The lowest BCUT2D eigenvalue weighted by molar-refractivity contribution is 0.136. The Kier molecular flexibility index (Phi) is 7.51. The number of rotatable bonds is 9. The molecule has 0 radical (unpaired) electrons. The zero-order chi connectivity index (χ0) is 15.0. The first-order valence-electron chi connectivity index (χ1n) is 6.78. The second kappa shape index (κ2) is 8.89. The maximum Gasteiger partial charge on any atom is 0.132 e. The maximum absolute atomic E-state index is 13.8. The van der Waals surface area contributed by atoms with Crippen LogP contribution in [0.2, 0.25) is 0 Å². The van der Waals surface area contributed by atoms with Crippen molar-refractivity contribution in [2.24, 2.45) is 0 Å². The number of nitrogens with zero attached hydrogens (tertiary/aromatic N) is 1. The van der Waals surface area contributed by atoms with Gasteiger partial charge in [-0.15, -0.1) is 0 Å². The fourth-order valence-electron chi connectivity index (χ4n) is 2.10. The third kappa shape index (κ3) is 5.07. The molecule has 4 nitrogen and oxygen atoms in total. The molecule has 20 heavy (non-hydrogen) atoms. The maximum atomic E-state index is 13.8. The summed E-state index contributed by atoms with van der Waals surface area (Å²) in [5.74, 6) is -0.0431. The molecule has 114 valence electrons. The van der Waals surface area contributed by atoms with E-state index in [0.29, 0.717) is 25.3 Å². The van der Waals surface area contributed by atoms with Crippen LogP contribution in [0, 0.1) is 5.82 Å². The highest BCUT2D eigenvalue weighted by atomic mass is 19.1. The molecule has 0 spiro atoms. The smallest absolute Gasteiger partial charge is 0.132 e. The third-order valence-corrected chi connectivity index (χ3v) is 3.24. The molecule has 0 aromatic heterocycles. The van der Waals surface area contributed by atoms with Gasteiger partial charge in [-0.3, -0.25) is 0 Å². The Morgan fingerprint density at radius 1 is 1.30 bits per heavy atom. The molecule has 1 rings (SSSR count). The molecule has 1 unspecified atom stereocenters. The van der Waals surface area contributed by atoms with E-state index >= 15 is 0 Å². The van der Waals surface area contributed by atoms with E-state index < -0.39 is 11.9 Å². The summed E-state index contributed by atoms with van der Waals surface area (Å²) in [5.41, 5.74) is 0.236. The van der Waals surface area contributed by atoms with Crippen molar-refractivity contribution in [3.8, 4) is 5.75 Å². The van der Waals surface area contributed by atoms with E-state index in [9.17, 15) is 9.50 Å². The SMILES string of the molecule is COCCCN(C)CCC(O)c1c(F)cccc1OC. The molecule has 0 aliphatic heterocycles. The van der Waals surface area contributed by atoms with Crippen LogP contribution in [0.3, 0.4) is 0 Å². The molecule has 0 saturated heterocycles. The summed E-state index contributed by atoms with van der Waals surface area (Å²) in [4.78, 5) is 2.09.